The predicted octanol–water partition coefficient (Wildman–Crippen LogP) is 0.904. The quantitative estimate of drug-likeness (QED) is 0.735. The average molecular weight is 209 g/mol. The van der Waals surface area contributed by atoms with Gasteiger partial charge in [0.25, 0.3) is 0 Å². The van der Waals surface area contributed by atoms with Gasteiger partial charge in [-0.05, 0) is 17.7 Å². The maximum atomic E-state index is 12.9. The molecule has 0 saturated carbocycles. The maximum Gasteiger partial charge on any atom is 0.339 e. The molecule has 1 aromatic rings. The molecule has 0 bridgehead atoms. The number of nitrogens with zero attached hydrogens (tertiary/aromatic N) is 1. The van der Waals surface area contributed by atoms with Crippen LogP contribution in [-0.2, 0) is 9.53 Å². The standard InChI is InChI=1S/C10H8FNO3/c1-15-10(14)9(13)6-2-3-8(11)7(4-6)5-12/h2-4,9,13H,1H3. The van der Waals surface area contributed by atoms with E-state index in [1.54, 1.807) is 6.07 Å². The lowest BCUT2D eigenvalue weighted by molar-refractivity contribution is -0.150. The molecule has 1 atom stereocenters. The normalized spacial score (nSPS) is 11.6. The number of esters is 1. The van der Waals surface area contributed by atoms with Crippen molar-refractivity contribution in [2.45, 2.75) is 6.10 Å². The number of hydrogen-bond acceptors (Lipinski definition) is 4. The Labute approximate surface area is 85.5 Å². The number of carbonyl (C=O) groups excluding carboxylic acids is 1. The Balaban J connectivity index is 3.07. The third kappa shape index (κ3) is 2.30. The fourth-order valence-corrected chi connectivity index (χ4v) is 1.05. The third-order valence-electron chi connectivity index (χ3n) is 1.85. The molecule has 1 aromatic carbocycles. The number of aliphatic hydroxyl groups excluding tert-OH is 1. The summed E-state index contributed by atoms with van der Waals surface area (Å²) in [5, 5.41) is 17.9. The highest BCUT2D eigenvalue weighted by Crippen LogP contribution is 2.17. The Kier molecular flexibility index (Phi) is 3.37. The van der Waals surface area contributed by atoms with Gasteiger partial charge in [-0.3, -0.25) is 0 Å². The summed E-state index contributed by atoms with van der Waals surface area (Å²) in [5.74, 6) is -1.55. The Bertz CT molecular complexity index is 425. The topological polar surface area (TPSA) is 70.3 Å². The van der Waals surface area contributed by atoms with E-state index in [1.807, 2.05) is 0 Å². The molecule has 0 fully saturated rings. The second kappa shape index (κ2) is 4.53. The molecule has 4 nitrogen and oxygen atoms in total. The minimum Gasteiger partial charge on any atom is -0.467 e. The molecule has 0 saturated heterocycles. The number of halogens is 1. The van der Waals surface area contributed by atoms with Crippen LogP contribution >= 0.6 is 0 Å². The van der Waals surface area contributed by atoms with Crippen molar-refractivity contribution in [1.82, 2.24) is 0 Å². The van der Waals surface area contributed by atoms with Crippen LogP contribution in [0.5, 0.6) is 0 Å². The molecule has 1 N–H and O–H groups in total. The summed E-state index contributed by atoms with van der Waals surface area (Å²) in [5.41, 5.74) is -0.102. The van der Waals surface area contributed by atoms with E-state index in [1.165, 1.54) is 6.07 Å². The molecular weight excluding hydrogens is 201 g/mol. The monoisotopic (exact) mass is 209 g/mol. The van der Waals surface area contributed by atoms with Crippen LogP contribution in [0.3, 0.4) is 0 Å². The minimum absolute atomic E-state index is 0.125. The molecular formula is C10H8FNO3. The number of hydrogen-bond donors (Lipinski definition) is 1. The molecule has 1 rings (SSSR count). The zero-order valence-electron chi connectivity index (χ0n) is 7.90. The average Bonchev–Trinajstić information content (AvgIpc) is 2.27. The largest absolute Gasteiger partial charge is 0.467 e. The summed E-state index contributed by atoms with van der Waals surface area (Å²) < 4.78 is 17.2. The lowest BCUT2D eigenvalue weighted by Gasteiger charge is -2.08. The van der Waals surface area contributed by atoms with E-state index >= 15 is 0 Å². The number of carbonyl (C=O) groups is 1. The molecule has 0 spiro atoms. The molecule has 0 aliphatic heterocycles. The van der Waals surface area contributed by atoms with Gasteiger partial charge in [0.2, 0.25) is 0 Å². The van der Waals surface area contributed by atoms with Crippen molar-refractivity contribution in [2.75, 3.05) is 7.11 Å². The van der Waals surface area contributed by atoms with Gasteiger partial charge in [-0.1, -0.05) is 6.07 Å². The summed E-state index contributed by atoms with van der Waals surface area (Å²) in [6.45, 7) is 0. The third-order valence-corrected chi connectivity index (χ3v) is 1.85. The first-order valence-corrected chi connectivity index (χ1v) is 4.05. The molecule has 78 valence electrons. The van der Waals surface area contributed by atoms with Crippen LogP contribution in [-0.4, -0.2) is 18.2 Å². The van der Waals surface area contributed by atoms with E-state index in [0.717, 1.165) is 19.2 Å². The van der Waals surface area contributed by atoms with E-state index in [0.29, 0.717) is 0 Å². The van der Waals surface area contributed by atoms with Crippen molar-refractivity contribution in [3.8, 4) is 6.07 Å². The van der Waals surface area contributed by atoms with Crippen LogP contribution in [0.4, 0.5) is 4.39 Å². The van der Waals surface area contributed by atoms with Gasteiger partial charge >= 0.3 is 5.97 Å². The van der Waals surface area contributed by atoms with Crippen LogP contribution in [0, 0.1) is 17.1 Å². The molecule has 5 heteroatoms. The maximum absolute atomic E-state index is 12.9. The van der Waals surface area contributed by atoms with E-state index in [-0.39, 0.29) is 11.1 Å². The Hall–Kier alpha value is -1.93. The lowest BCUT2D eigenvalue weighted by Crippen LogP contribution is -2.13. The van der Waals surface area contributed by atoms with Crippen LogP contribution in [0.1, 0.15) is 17.2 Å². The van der Waals surface area contributed by atoms with Gasteiger partial charge < -0.3 is 9.84 Å². The van der Waals surface area contributed by atoms with Crippen molar-refractivity contribution in [3.63, 3.8) is 0 Å². The van der Waals surface area contributed by atoms with E-state index in [2.05, 4.69) is 4.74 Å². The summed E-state index contributed by atoms with van der Waals surface area (Å²) in [6.07, 6.45) is -1.50. The number of nitriles is 1. The van der Waals surface area contributed by atoms with Gasteiger partial charge in [-0.25, -0.2) is 9.18 Å². The number of methoxy groups -OCH3 is 1. The highest BCUT2D eigenvalue weighted by molar-refractivity contribution is 5.76. The van der Waals surface area contributed by atoms with Crippen LogP contribution in [0.15, 0.2) is 18.2 Å². The fraction of sp³-hybridized carbons (Fsp3) is 0.200. The lowest BCUT2D eigenvalue weighted by atomic mass is 10.1. The number of rotatable bonds is 2. The number of benzene rings is 1. The van der Waals surface area contributed by atoms with E-state index < -0.39 is 17.9 Å². The van der Waals surface area contributed by atoms with Crippen LogP contribution in [0.25, 0.3) is 0 Å². The molecule has 0 amide bonds. The van der Waals surface area contributed by atoms with E-state index in [9.17, 15) is 14.3 Å². The Morgan fingerprint density at radius 2 is 2.33 bits per heavy atom. The second-order valence-corrected chi connectivity index (χ2v) is 2.78. The number of aliphatic hydroxyl groups is 1. The van der Waals surface area contributed by atoms with Crippen LogP contribution in [0.2, 0.25) is 0 Å². The second-order valence-electron chi connectivity index (χ2n) is 2.78. The zero-order valence-corrected chi connectivity index (χ0v) is 7.90. The van der Waals surface area contributed by atoms with Crippen molar-refractivity contribution in [1.29, 1.82) is 5.26 Å². The number of ether oxygens (including phenoxy) is 1. The first kappa shape index (κ1) is 11.1. The van der Waals surface area contributed by atoms with Gasteiger partial charge in [-0.2, -0.15) is 5.26 Å². The fourth-order valence-electron chi connectivity index (χ4n) is 1.05. The van der Waals surface area contributed by atoms with Crippen molar-refractivity contribution in [2.24, 2.45) is 0 Å². The van der Waals surface area contributed by atoms with Crippen molar-refractivity contribution < 1.29 is 19.0 Å². The Morgan fingerprint density at radius 3 is 2.87 bits per heavy atom. The summed E-state index contributed by atoms with van der Waals surface area (Å²) in [6, 6.07) is 4.95. The zero-order chi connectivity index (χ0) is 11.4. The van der Waals surface area contributed by atoms with E-state index in [4.69, 9.17) is 5.26 Å². The highest BCUT2D eigenvalue weighted by Gasteiger charge is 2.18. The summed E-state index contributed by atoms with van der Waals surface area (Å²) in [7, 11) is 1.13. The molecule has 1 unspecified atom stereocenters. The van der Waals surface area contributed by atoms with Gasteiger partial charge in [0.15, 0.2) is 6.10 Å². The predicted molar refractivity (Wildman–Crippen MR) is 48.1 cm³/mol. The molecule has 0 radical (unpaired) electrons. The molecule has 15 heavy (non-hydrogen) atoms. The van der Waals surface area contributed by atoms with Gasteiger partial charge in [0.05, 0.1) is 12.7 Å². The first-order valence-electron chi connectivity index (χ1n) is 4.05. The minimum atomic E-state index is -1.50. The van der Waals surface area contributed by atoms with Gasteiger partial charge in [0.1, 0.15) is 11.9 Å². The Morgan fingerprint density at radius 1 is 1.67 bits per heavy atom. The van der Waals surface area contributed by atoms with Crippen LogP contribution < -0.4 is 0 Å². The van der Waals surface area contributed by atoms with Crippen molar-refractivity contribution >= 4 is 5.97 Å². The summed E-state index contributed by atoms with van der Waals surface area (Å²) in [4.78, 5) is 10.9. The SMILES string of the molecule is COC(=O)C(O)c1ccc(F)c(C#N)c1. The van der Waals surface area contributed by atoms with Gasteiger partial charge in [-0.15, -0.1) is 0 Å². The molecule has 0 heterocycles. The van der Waals surface area contributed by atoms with Gasteiger partial charge in [0, 0.05) is 0 Å². The molecule has 0 aromatic heterocycles. The van der Waals surface area contributed by atoms with Crippen molar-refractivity contribution in [3.05, 3.63) is 35.1 Å². The molecule has 0 aliphatic rings. The smallest absolute Gasteiger partial charge is 0.339 e. The molecule has 0 aliphatic carbocycles. The highest BCUT2D eigenvalue weighted by atomic mass is 19.1. The summed E-state index contributed by atoms with van der Waals surface area (Å²) >= 11 is 0. The first-order chi connectivity index (χ1) is 7.10.